The summed E-state index contributed by atoms with van der Waals surface area (Å²) in [5.41, 5.74) is 0.654. The molecule has 0 amide bonds. The number of hydrogen-bond acceptors (Lipinski definition) is 5. The predicted molar refractivity (Wildman–Crippen MR) is 60.6 cm³/mol. The molecule has 0 unspecified atom stereocenters. The van der Waals surface area contributed by atoms with Gasteiger partial charge in [0.25, 0.3) is 0 Å². The number of hydrogen-bond donors (Lipinski definition) is 1. The van der Waals surface area contributed by atoms with Crippen LogP contribution in [-0.4, -0.2) is 26.1 Å². The van der Waals surface area contributed by atoms with Crippen LogP contribution >= 0.6 is 23.2 Å². The van der Waals surface area contributed by atoms with E-state index in [1.165, 1.54) is 0 Å². The van der Waals surface area contributed by atoms with Crippen LogP contribution in [0.25, 0.3) is 0 Å². The Balaban J connectivity index is 0.00000256. The summed E-state index contributed by atoms with van der Waals surface area (Å²) in [7, 11) is -4.63. The van der Waals surface area contributed by atoms with E-state index in [0.717, 1.165) is 0 Å². The Hall–Kier alpha value is 0.470. The van der Waals surface area contributed by atoms with Crippen molar-refractivity contribution in [1.82, 2.24) is 0 Å². The van der Waals surface area contributed by atoms with Gasteiger partial charge in [-0.3, -0.25) is 4.18 Å². The average molecular weight is 308 g/mol. The van der Waals surface area contributed by atoms with Crippen LogP contribution in [0.5, 0.6) is 0 Å². The quantitative estimate of drug-likeness (QED) is 0.323. The molecule has 9 heteroatoms. The van der Waals surface area contributed by atoms with Crippen molar-refractivity contribution in [3.05, 3.63) is 28.2 Å². The van der Waals surface area contributed by atoms with Crippen molar-refractivity contribution in [1.29, 1.82) is 0 Å². The topological polar surface area (TPSA) is 78.5 Å². The first kappa shape index (κ1) is 17.5. The van der Waals surface area contributed by atoms with Crippen molar-refractivity contribution < 1.29 is 46.7 Å². The first-order valence-electron chi connectivity index (χ1n) is 4.17. The normalized spacial score (nSPS) is 10.8. The first-order chi connectivity index (χ1) is 7.38. The molecule has 0 saturated heterocycles. The van der Waals surface area contributed by atoms with Crippen LogP contribution in [0.15, 0.2) is 18.2 Å². The molecule has 0 atom stereocenters. The molecule has 0 saturated carbocycles. The Morgan fingerprint density at radius 2 is 1.94 bits per heavy atom. The molecule has 0 fully saturated rings. The minimum absolute atomic E-state index is 0. The van der Waals surface area contributed by atoms with E-state index in [-0.39, 0.29) is 42.7 Å². The number of halogens is 2. The van der Waals surface area contributed by atoms with Gasteiger partial charge in [0.05, 0.1) is 16.7 Å². The summed E-state index contributed by atoms with van der Waals surface area (Å²) in [4.78, 5) is 0. The Kier molecular flexibility index (Phi) is 8.02. The zero-order valence-corrected chi connectivity index (χ0v) is 13.3. The summed E-state index contributed by atoms with van der Waals surface area (Å²) in [5.74, 6) is 0. The second-order valence-electron chi connectivity index (χ2n) is 2.79. The third kappa shape index (κ3) is 7.48. The molecular weight excluding hydrogens is 300 g/mol. The SMILES string of the molecule is O=S(=O)([O-])OCCNc1ccc(Cl)c(Cl)c1.[Na+]. The standard InChI is InChI=1S/C8H9Cl2NO4S.Na/c9-7-2-1-6(5-8(7)10)11-3-4-15-16(12,13)14;/h1-2,5,11H,3-4H2,(H,12,13,14);/q;+1/p-1. The molecule has 0 heterocycles. The number of benzene rings is 1. The van der Waals surface area contributed by atoms with Gasteiger partial charge in [-0.2, -0.15) is 0 Å². The molecule has 1 rings (SSSR count). The number of rotatable bonds is 5. The minimum atomic E-state index is -4.63. The van der Waals surface area contributed by atoms with Gasteiger partial charge >= 0.3 is 29.6 Å². The van der Waals surface area contributed by atoms with Gasteiger partial charge in [-0.15, -0.1) is 0 Å². The van der Waals surface area contributed by atoms with E-state index in [4.69, 9.17) is 23.2 Å². The molecule has 1 N–H and O–H groups in total. The molecule has 1 aromatic carbocycles. The van der Waals surface area contributed by atoms with Gasteiger partial charge in [0.1, 0.15) is 0 Å². The first-order valence-corrected chi connectivity index (χ1v) is 6.26. The van der Waals surface area contributed by atoms with E-state index in [1.54, 1.807) is 18.2 Å². The fourth-order valence-electron chi connectivity index (χ4n) is 0.945. The molecule has 5 nitrogen and oxygen atoms in total. The molecule has 17 heavy (non-hydrogen) atoms. The Morgan fingerprint density at radius 1 is 1.29 bits per heavy atom. The minimum Gasteiger partial charge on any atom is -0.726 e. The van der Waals surface area contributed by atoms with E-state index in [9.17, 15) is 13.0 Å². The van der Waals surface area contributed by atoms with Crippen molar-refractivity contribution in [2.45, 2.75) is 0 Å². The molecule has 0 bridgehead atoms. The van der Waals surface area contributed by atoms with Crippen LogP contribution in [0.4, 0.5) is 5.69 Å². The average Bonchev–Trinajstić information content (AvgIpc) is 2.17. The van der Waals surface area contributed by atoms with Gasteiger partial charge in [-0.25, -0.2) is 8.42 Å². The summed E-state index contributed by atoms with van der Waals surface area (Å²) in [6, 6.07) is 4.84. The van der Waals surface area contributed by atoms with Crippen molar-refractivity contribution in [3.8, 4) is 0 Å². The van der Waals surface area contributed by atoms with E-state index in [2.05, 4.69) is 9.50 Å². The summed E-state index contributed by atoms with van der Waals surface area (Å²) in [6.45, 7) is -0.0779. The van der Waals surface area contributed by atoms with Crippen molar-refractivity contribution >= 4 is 39.3 Å². The number of anilines is 1. The second kappa shape index (κ2) is 7.81. The molecule has 1 aromatic rings. The van der Waals surface area contributed by atoms with Gasteiger partial charge in [-0.1, -0.05) is 23.2 Å². The summed E-state index contributed by atoms with van der Waals surface area (Å²) < 4.78 is 34.3. The maximum Gasteiger partial charge on any atom is 1.00 e. The van der Waals surface area contributed by atoms with E-state index >= 15 is 0 Å². The van der Waals surface area contributed by atoms with Crippen LogP contribution in [0.2, 0.25) is 10.0 Å². The molecule has 0 aromatic heterocycles. The van der Waals surface area contributed by atoms with Crippen molar-refractivity contribution in [2.75, 3.05) is 18.5 Å². The van der Waals surface area contributed by atoms with Gasteiger partial charge in [-0.05, 0) is 18.2 Å². The second-order valence-corrected chi connectivity index (χ2v) is 4.65. The predicted octanol–water partition coefficient (Wildman–Crippen LogP) is -1.11. The van der Waals surface area contributed by atoms with E-state index < -0.39 is 10.4 Å². The third-order valence-electron chi connectivity index (χ3n) is 1.58. The molecule has 0 aliphatic heterocycles. The largest absolute Gasteiger partial charge is 1.00 e. The molecule has 0 radical (unpaired) electrons. The number of nitrogens with one attached hydrogen (secondary N) is 1. The summed E-state index contributed by atoms with van der Waals surface area (Å²) in [5, 5.41) is 3.61. The van der Waals surface area contributed by atoms with Gasteiger partial charge in [0.15, 0.2) is 0 Å². The van der Waals surface area contributed by atoms with Crippen LogP contribution in [0.3, 0.4) is 0 Å². The van der Waals surface area contributed by atoms with Gasteiger partial charge in [0.2, 0.25) is 10.4 Å². The van der Waals surface area contributed by atoms with Crippen LogP contribution in [-0.2, 0) is 14.6 Å². The van der Waals surface area contributed by atoms with Gasteiger partial charge < -0.3 is 9.87 Å². The smallest absolute Gasteiger partial charge is 0.726 e. The fourth-order valence-corrected chi connectivity index (χ4v) is 1.53. The Labute approximate surface area is 132 Å². The molecule has 0 aliphatic carbocycles. The monoisotopic (exact) mass is 307 g/mol. The fraction of sp³-hybridized carbons (Fsp3) is 0.250. The van der Waals surface area contributed by atoms with Crippen molar-refractivity contribution in [2.24, 2.45) is 0 Å². The Bertz CT molecular complexity index is 469. The maximum absolute atomic E-state index is 10.1. The van der Waals surface area contributed by atoms with Crippen LogP contribution in [0.1, 0.15) is 0 Å². The van der Waals surface area contributed by atoms with Crippen molar-refractivity contribution in [3.63, 3.8) is 0 Å². The zero-order chi connectivity index (χ0) is 12.2. The Morgan fingerprint density at radius 3 is 2.47 bits per heavy atom. The van der Waals surface area contributed by atoms with Gasteiger partial charge in [0, 0.05) is 12.2 Å². The maximum atomic E-state index is 10.1. The molecule has 0 spiro atoms. The zero-order valence-electron chi connectivity index (χ0n) is 8.94. The van der Waals surface area contributed by atoms with Crippen LogP contribution < -0.4 is 34.9 Å². The molecular formula is C8H8Cl2NNaO4S. The summed E-state index contributed by atoms with van der Waals surface area (Å²) in [6.07, 6.45) is 0. The summed E-state index contributed by atoms with van der Waals surface area (Å²) >= 11 is 11.4. The molecule has 90 valence electrons. The van der Waals surface area contributed by atoms with Crippen LogP contribution in [0, 0.1) is 0 Å². The van der Waals surface area contributed by atoms with E-state index in [1.807, 2.05) is 0 Å². The van der Waals surface area contributed by atoms with E-state index in [0.29, 0.717) is 15.7 Å². The third-order valence-corrected chi connectivity index (χ3v) is 2.77. The molecule has 0 aliphatic rings.